The lowest BCUT2D eigenvalue weighted by molar-refractivity contribution is 0.0954. The van der Waals surface area contributed by atoms with Crippen molar-refractivity contribution < 1.29 is 9.53 Å². The number of carbonyl (C=O) groups is 1. The molecule has 108 valence electrons. The van der Waals surface area contributed by atoms with Crippen LogP contribution in [-0.4, -0.2) is 19.2 Å². The van der Waals surface area contributed by atoms with E-state index in [1.54, 1.807) is 19.4 Å². The average molecular weight is 282 g/mol. The van der Waals surface area contributed by atoms with E-state index >= 15 is 0 Å². The van der Waals surface area contributed by atoms with Crippen LogP contribution in [0.15, 0.2) is 47.6 Å². The SMILES string of the molecule is COc1ccc(/C=N/NC(=O)c2ccccc2C)cc1C. The molecule has 0 saturated heterocycles. The molecule has 4 nitrogen and oxygen atoms in total. The number of hydrazone groups is 1. The predicted molar refractivity (Wildman–Crippen MR) is 84.0 cm³/mol. The van der Waals surface area contributed by atoms with Crippen LogP contribution in [0.1, 0.15) is 27.0 Å². The Kier molecular flexibility index (Phi) is 4.72. The maximum atomic E-state index is 12.0. The summed E-state index contributed by atoms with van der Waals surface area (Å²) in [6.45, 7) is 3.85. The van der Waals surface area contributed by atoms with Crippen molar-refractivity contribution in [3.05, 3.63) is 64.7 Å². The number of carbonyl (C=O) groups excluding carboxylic acids is 1. The molecule has 2 aromatic rings. The largest absolute Gasteiger partial charge is 0.496 e. The van der Waals surface area contributed by atoms with Crippen LogP contribution in [0.3, 0.4) is 0 Å². The third-order valence-electron chi connectivity index (χ3n) is 3.19. The summed E-state index contributed by atoms with van der Waals surface area (Å²) in [5, 5.41) is 3.99. The van der Waals surface area contributed by atoms with Gasteiger partial charge in [-0.25, -0.2) is 5.43 Å². The summed E-state index contributed by atoms with van der Waals surface area (Å²) in [5.41, 5.74) is 6.00. The van der Waals surface area contributed by atoms with Crippen LogP contribution < -0.4 is 10.2 Å². The summed E-state index contributed by atoms with van der Waals surface area (Å²) >= 11 is 0. The Morgan fingerprint density at radius 1 is 1.14 bits per heavy atom. The van der Waals surface area contributed by atoms with Crippen LogP contribution in [-0.2, 0) is 0 Å². The Bertz CT molecular complexity index is 678. The predicted octanol–water partition coefficient (Wildman–Crippen LogP) is 3.08. The molecule has 1 N–H and O–H groups in total. The van der Waals surface area contributed by atoms with Crippen LogP contribution >= 0.6 is 0 Å². The van der Waals surface area contributed by atoms with E-state index in [1.807, 2.05) is 50.2 Å². The van der Waals surface area contributed by atoms with E-state index in [4.69, 9.17) is 4.74 Å². The maximum Gasteiger partial charge on any atom is 0.271 e. The number of nitrogens with one attached hydrogen (secondary N) is 1. The van der Waals surface area contributed by atoms with Crippen LogP contribution in [0.25, 0.3) is 0 Å². The average Bonchev–Trinajstić information content (AvgIpc) is 2.48. The van der Waals surface area contributed by atoms with Crippen LogP contribution in [0.2, 0.25) is 0 Å². The lowest BCUT2D eigenvalue weighted by Crippen LogP contribution is -2.18. The number of aryl methyl sites for hydroxylation is 2. The minimum Gasteiger partial charge on any atom is -0.496 e. The molecule has 2 rings (SSSR count). The van der Waals surface area contributed by atoms with Gasteiger partial charge in [0, 0.05) is 5.56 Å². The highest BCUT2D eigenvalue weighted by atomic mass is 16.5. The van der Waals surface area contributed by atoms with Gasteiger partial charge in [-0.3, -0.25) is 4.79 Å². The fourth-order valence-electron chi connectivity index (χ4n) is 2.04. The van der Waals surface area contributed by atoms with Gasteiger partial charge in [0.05, 0.1) is 13.3 Å². The van der Waals surface area contributed by atoms with E-state index in [-0.39, 0.29) is 5.91 Å². The molecule has 0 fully saturated rings. The molecule has 4 heteroatoms. The Balaban J connectivity index is 2.04. The molecular formula is C17H18N2O2. The zero-order valence-electron chi connectivity index (χ0n) is 12.4. The molecule has 0 saturated carbocycles. The molecule has 1 amide bonds. The van der Waals surface area contributed by atoms with E-state index in [2.05, 4.69) is 10.5 Å². The summed E-state index contributed by atoms with van der Waals surface area (Å²) in [6.07, 6.45) is 1.61. The van der Waals surface area contributed by atoms with E-state index in [0.717, 1.165) is 22.4 Å². The zero-order valence-corrected chi connectivity index (χ0v) is 12.4. The van der Waals surface area contributed by atoms with Crippen molar-refractivity contribution in [1.82, 2.24) is 5.43 Å². The molecule has 0 radical (unpaired) electrons. The smallest absolute Gasteiger partial charge is 0.271 e. The topological polar surface area (TPSA) is 50.7 Å². The maximum absolute atomic E-state index is 12.0. The van der Waals surface area contributed by atoms with Crippen LogP contribution in [0.4, 0.5) is 0 Å². The van der Waals surface area contributed by atoms with Crippen molar-refractivity contribution in [2.45, 2.75) is 13.8 Å². The second-order valence-electron chi connectivity index (χ2n) is 4.74. The molecule has 0 bridgehead atoms. The Labute approximate surface area is 124 Å². The first kappa shape index (κ1) is 14.8. The molecule has 0 aliphatic rings. The fourth-order valence-corrected chi connectivity index (χ4v) is 2.04. The Morgan fingerprint density at radius 2 is 1.90 bits per heavy atom. The lowest BCUT2D eigenvalue weighted by Gasteiger charge is -2.05. The molecule has 0 aliphatic heterocycles. The first-order valence-electron chi connectivity index (χ1n) is 6.65. The molecule has 2 aromatic carbocycles. The van der Waals surface area contributed by atoms with Crippen molar-refractivity contribution >= 4 is 12.1 Å². The number of amides is 1. The number of nitrogens with zero attached hydrogens (tertiary/aromatic N) is 1. The molecule has 0 heterocycles. The normalized spacial score (nSPS) is 10.6. The first-order valence-corrected chi connectivity index (χ1v) is 6.65. The van der Waals surface area contributed by atoms with Gasteiger partial charge in [-0.1, -0.05) is 18.2 Å². The Hall–Kier alpha value is -2.62. The van der Waals surface area contributed by atoms with Crippen LogP contribution in [0, 0.1) is 13.8 Å². The highest BCUT2D eigenvalue weighted by Gasteiger charge is 2.06. The molecule has 0 aromatic heterocycles. The van der Waals surface area contributed by atoms with Gasteiger partial charge < -0.3 is 4.74 Å². The van der Waals surface area contributed by atoms with Gasteiger partial charge in [0.15, 0.2) is 0 Å². The summed E-state index contributed by atoms with van der Waals surface area (Å²) in [6, 6.07) is 13.1. The van der Waals surface area contributed by atoms with Gasteiger partial charge in [0.1, 0.15) is 5.75 Å². The van der Waals surface area contributed by atoms with Gasteiger partial charge >= 0.3 is 0 Å². The molecular weight excluding hydrogens is 264 g/mol. The molecule has 0 unspecified atom stereocenters. The summed E-state index contributed by atoms with van der Waals surface area (Å²) in [7, 11) is 1.64. The van der Waals surface area contributed by atoms with Crippen molar-refractivity contribution in [3.63, 3.8) is 0 Å². The van der Waals surface area contributed by atoms with Gasteiger partial charge in [-0.15, -0.1) is 0 Å². The lowest BCUT2D eigenvalue weighted by atomic mass is 10.1. The van der Waals surface area contributed by atoms with Crippen LogP contribution in [0.5, 0.6) is 5.75 Å². The van der Waals surface area contributed by atoms with Gasteiger partial charge in [-0.05, 0) is 54.8 Å². The summed E-state index contributed by atoms with van der Waals surface area (Å²) in [5.74, 6) is 0.616. The zero-order chi connectivity index (χ0) is 15.2. The van der Waals surface area contributed by atoms with Gasteiger partial charge in [-0.2, -0.15) is 5.10 Å². The third kappa shape index (κ3) is 3.69. The number of rotatable bonds is 4. The van der Waals surface area contributed by atoms with E-state index < -0.39 is 0 Å². The standard InChI is InChI=1S/C17H18N2O2/c1-12-6-4-5-7-15(12)17(20)19-18-11-14-8-9-16(21-3)13(2)10-14/h4-11H,1-3H3,(H,19,20)/b18-11+. The summed E-state index contributed by atoms with van der Waals surface area (Å²) in [4.78, 5) is 12.0. The number of benzene rings is 2. The minimum absolute atomic E-state index is 0.213. The van der Waals surface area contributed by atoms with Gasteiger partial charge in [0.2, 0.25) is 0 Å². The van der Waals surface area contributed by atoms with E-state index in [1.165, 1.54) is 0 Å². The number of methoxy groups -OCH3 is 1. The first-order chi connectivity index (χ1) is 10.1. The van der Waals surface area contributed by atoms with E-state index in [0.29, 0.717) is 5.56 Å². The minimum atomic E-state index is -0.213. The molecule has 21 heavy (non-hydrogen) atoms. The molecule has 0 atom stereocenters. The van der Waals surface area contributed by atoms with Crippen molar-refractivity contribution in [2.24, 2.45) is 5.10 Å². The van der Waals surface area contributed by atoms with Crippen molar-refractivity contribution in [2.75, 3.05) is 7.11 Å². The molecule has 0 aliphatic carbocycles. The van der Waals surface area contributed by atoms with E-state index in [9.17, 15) is 4.79 Å². The van der Waals surface area contributed by atoms with Crippen molar-refractivity contribution in [1.29, 1.82) is 0 Å². The van der Waals surface area contributed by atoms with Gasteiger partial charge in [0.25, 0.3) is 5.91 Å². The summed E-state index contributed by atoms with van der Waals surface area (Å²) < 4.78 is 5.20. The quantitative estimate of drug-likeness (QED) is 0.692. The number of ether oxygens (including phenoxy) is 1. The second-order valence-corrected chi connectivity index (χ2v) is 4.74. The third-order valence-corrected chi connectivity index (χ3v) is 3.19. The Morgan fingerprint density at radius 3 is 2.57 bits per heavy atom. The number of hydrogen-bond donors (Lipinski definition) is 1. The fraction of sp³-hybridized carbons (Fsp3) is 0.176. The highest BCUT2D eigenvalue weighted by molar-refractivity contribution is 5.96. The second kappa shape index (κ2) is 6.70. The number of hydrogen-bond acceptors (Lipinski definition) is 3. The highest BCUT2D eigenvalue weighted by Crippen LogP contribution is 2.17. The molecule has 0 spiro atoms. The monoisotopic (exact) mass is 282 g/mol. The van der Waals surface area contributed by atoms with Crippen molar-refractivity contribution in [3.8, 4) is 5.75 Å².